The molecule has 0 spiro atoms. The first-order valence-electron chi connectivity index (χ1n) is 21.3. The number of aryl methyl sites for hydroxylation is 1. The number of hydrogen-bond acceptors (Lipinski definition) is 1. The lowest BCUT2D eigenvalue weighted by Gasteiger charge is -2.19. The van der Waals surface area contributed by atoms with Gasteiger partial charge < -0.3 is 5.73 Å². The Morgan fingerprint density at radius 2 is 0.982 bits per heavy atom. The molecule has 0 saturated heterocycles. The second-order valence-corrected chi connectivity index (χ2v) is 14.1. The summed E-state index contributed by atoms with van der Waals surface area (Å²) in [5.41, 5.74) is 14.0. The quantitative estimate of drug-likeness (QED) is 0.127. The predicted octanol–water partition coefficient (Wildman–Crippen LogP) is 16.7. The summed E-state index contributed by atoms with van der Waals surface area (Å²) in [4.78, 5) is 0. The average molecular weight is 752 g/mol. The normalized spacial score (nSPS) is 11.3. The van der Waals surface area contributed by atoms with Gasteiger partial charge in [-0.3, -0.25) is 0 Å². The average Bonchev–Trinajstić information content (AvgIpc) is 3.29. The molecule has 0 unspecified atom stereocenters. The van der Waals surface area contributed by atoms with Crippen molar-refractivity contribution >= 4 is 43.1 Å². The highest BCUT2D eigenvalue weighted by Crippen LogP contribution is 2.45. The third kappa shape index (κ3) is 10.5. The Balaban J connectivity index is 0.000000288. The van der Waals surface area contributed by atoms with Crippen LogP contribution in [0.2, 0.25) is 0 Å². The van der Waals surface area contributed by atoms with Crippen molar-refractivity contribution in [2.24, 2.45) is 5.73 Å². The van der Waals surface area contributed by atoms with Gasteiger partial charge in [0.05, 0.1) is 0 Å². The maximum absolute atomic E-state index is 4.50. The van der Waals surface area contributed by atoms with Crippen LogP contribution in [0, 0.1) is 0 Å². The highest BCUT2D eigenvalue weighted by molar-refractivity contribution is 6.23. The molecule has 0 saturated carbocycles. The highest BCUT2D eigenvalue weighted by Gasteiger charge is 2.18. The van der Waals surface area contributed by atoms with E-state index in [0.717, 1.165) is 12.8 Å². The Bertz CT molecular complexity index is 2410. The van der Waals surface area contributed by atoms with Crippen LogP contribution in [0.3, 0.4) is 0 Å². The maximum atomic E-state index is 4.50. The second-order valence-electron chi connectivity index (χ2n) is 14.1. The lowest BCUT2D eigenvalue weighted by molar-refractivity contribution is 0.793. The molecule has 8 aromatic carbocycles. The molecule has 57 heavy (non-hydrogen) atoms. The molecule has 294 valence electrons. The van der Waals surface area contributed by atoms with Crippen LogP contribution in [-0.2, 0) is 6.42 Å². The lowest BCUT2D eigenvalue weighted by Crippen LogP contribution is -1.93. The van der Waals surface area contributed by atoms with Crippen molar-refractivity contribution in [3.8, 4) is 22.3 Å². The third-order valence-electron chi connectivity index (χ3n) is 10.3. The molecule has 1 atom stereocenters. The van der Waals surface area contributed by atoms with Crippen LogP contribution in [0.15, 0.2) is 169 Å². The van der Waals surface area contributed by atoms with Crippen LogP contribution in [0.4, 0.5) is 0 Å². The summed E-state index contributed by atoms with van der Waals surface area (Å²) >= 11 is 0. The molecule has 0 radical (unpaired) electrons. The summed E-state index contributed by atoms with van der Waals surface area (Å²) in [7, 11) is 1.50. The van der Waals surface area contributed by atoms with Crippen LogP contribution in [0.5, 0.6) is 0 Å². The van der Waals surface area contributed by atoms with E-state index in [0.29, 0.717) is 5.92 Å². The van der Waals surface area contributed by atoms with E-state index in [1.807, 2.05) is 13.8 Å². The van der Waals surface area contributed by atoms with Crippen LogP contribution in [-0.4, -0.2) is 7.05 Å². The van der Waals surface area contributed by atoms with E-state index in [-0.39, 0.29) is 0 Å². The topological polar surface area (TPSA) is 26.0 Å². The summed E-state index contributed by atoms with van der Waals surface area (Å²) < 4.78 is 0. The third-order valence-corrected chi connectivity index (χ3v) is 10.3. The zero-order valence-electron chi connectivity index (χ0n) is 36.1. The Morgan fingerprint density at radius 1 is 0.509 bits per heavy atom. The highest BCUT2D eigenvalue weighted by atomic mass is 14.4. The molecule has 8 rings (SSSR count). The summed E-state index contributed by atoms with van der Waals surface area (Å²) in [6.07, 6.45) is 7.02. The standard InChI is InChI=1S/C36H26.C14H20.C3H8.C2H6.CH5N/c1-2-24-21-22-34(29-14-6-5-13-28(24)29)36-32-17-9-7-15-30(32)35(31-16-8-10-18-33(31)36)27-20-19-25-11-3-4-12-26(25)23-27;1-4-12(3)11-13(5-2)14-9-7-6-8-10-14;1-3-2;2*1-2/h3-23H,2H2,1H3;6-11,13H,4-5H2,1-3H3;3H2,1-2H3;1-2H3;2H2,1H3/t;13-;;;/m.1.../s1. The molecule has 0 aromatic heterocycles. The Hall–Kier alpha value is -5.50. The van der Waals surface area contributed by atoms with E-state index < -0.39 is 0 Å². The SMILES string of the molecule is CC.CCC.CCC(C)=C[C@@H](CC)c1ccccc1.CCc1ccc(-c2c3ccccc3c(-c3ccc4ccccc4c3)c3ccccc23)c2ccccc12.CN. The van der Waals surface area contributed by atoms with Gasteiger partial charge in [-0.15, -0.1) is 0 Å². The van der Waals surface area contributed by atoms with Gasteiger partial charge in [-0.2, -0.15) is 0 Å². The van der Waals surface area contributed by atoms with E-state index in [1.54, 1.807) is 0 Å². The minimum absolute atomic E-state index is 0.594. The molecular weight excluding hydrogens is 687 g/mol. The van der Waals surface area contributed by atoms with E-state index in [2.05, 4.69) is 211 Å². The van der Waals surface area contributed by atoms with Gasteiger partial charge in [0.1, 0.15) is 0 Å². The molecule has 1 nitrogen and oxygen atoms in total. The predicted molar refractivity (Wildman–Crippen MR) is 258 cm³/mol. The van der Waals surface area contributed by atoms with Gasteiger partial charge in [0.25, 0.3) is 0 Å². The summed E-state index contributed by atoms with van der Waals surface area (Å²) in [6, 6.07) is 57.6. The molecule has 8 aromatic rings. The number of nitrogens with two attached hydrogens (primary N) is 1. The minimum Gasteiger partial charge on any atom is -0.333 e. The first-order chi connectivity index (χ1) is 28.0. The Kier molecular flexibility index (Phi) is 17.8. The molecule has 0 heterocycles. The van der Waals surface area contributed by atoms with Crippen molar-refractivity contribution in [3.63, 3.8) is 0 Å². The first kappa shape index (κ1) is 44.2. The molecule has 0 amide bonds. The molecule has 0 bridgehead atoms. The van der Waals surface area contributed by atoms with Crippen molar-refractivity contribution in [3.05, 3.63) is 181 Å². The first-order valence-corrected chi connectivity index (χ1v) is 21.3. The van der Waals surface area contributed by atoms with E-state index in [1.165, 1.54) is 102 Å². The summed E-state index contributed by atoms with van der Waals surface area (Å²) in [6.45, 7) is 17.2. The number of rotatable bonds is 7. The van der Waals surface area contributed by atoms with E-state index in [4.69, 9.17) is 0 Å². The van der Waals surface area contributed by atoms with Crippen LogP contribution in [0.1, 0.15) is 91.7 Å². The van der Waals surface area contributed by atoms with Gasteiger partial charge in [0.15, 0.2) is 0 Å². The lowest BCUT2D eigenvalue weighted by atomic mass is 9.84. The van der Waals surface area contributed by atoms with Gasteiger partial charge in [-0.25, -0.2) is 0 Å². The monoisotopic (exact) mass is 752 g/mol. The fourth-order valence-corrected chi connectivity index (χ4v) is 7.57. The van der Waals surface area contributed by atoms with Gasteiger partial charge >= 0.3 is 0 Å². The smallest absolute Gasteiger partial charge is 0.00179 e. The number of fused-ring (bicyclic) bond motifs is 4. The van der Waals surface area contributed by atoms with Crippen molar-refractivity contribution in [1.29, 1.82) is 0 Å². The van der Waals surface area contributed by atoms with Crippen molar-refractivity contribution in [2.45, 2.75) is 87.0 Å². The largest absolute Gasteiger partial charge is 0.333 e. The van der Waals surface area contributed by atoms with Crippen LogP contribution < -0.4 is 5.73 Å². The van der Waals surface area contributed by atoms with E-state index in [9.17, 15) is 0 Å². The van der Waals surface area contributed by atoms with Crippen molar-refractivity contribution in [2.75, 3.05) is 7.05 Å². The number of hydrogen-bond donors (Lipinski definition) is 1. The van der Waals surface area contributed by atoms with Crippen molar-refractivity contribution < 1.29 is 0 Å². The Morgan fingerprint density at radius 3 is 1.51 bits per heavy atom. The number of benzene rings is 8. The van der Waals surface area contributed by atoms with Gasteiger partial charge in [-0.05, 0) is 116 Å². The molecular formula is C56H65N. The van der Waals surface area contributed by atoms with Crippen LogP contribution in [0.25, 0.3) is 65.3 Å². The zero-order valence-corrected chi connectivity index (χ0v) is 36.1. The fourth-order valence-electron chi connectivity index (χ4n) is 7.57. The Labute approximate surface area is 344 Å². The van der Waals surface area contributed by atoms with Gasteiger partial charge in [-0.1, -0.05) is 218 Å². The molecule has 0 fully saturated rings. The summed E-state index contributed by atoms with van der Waals surface area (Å²) in [5.74, 6) is 0.594. The molecule has 2 N–H and O–H groups in total. The van der Waals surface area contributed by atoms with Gasteiger partial charge in [0.2, 0.25) is 0 Å². The fraction of sp³-hybridized carbons (Fsp3) is 0.250. The molecule has 0 aliphatic carbocycles. The maximum Gasteiger partial charge on any atom is 0.00179 e. The van der Waals surface area contributed by atoms with Crippen molar-refractivity contribution in [1.82, 2.24) is 0 Å². The molecule has 1 heteroatoms. The zero-order chi connectivity index (χ0) is 41.2. The summed E-state index contributed by atoms with van der Waals surface area (Å²) in [5, 5.41) is 10.4. The van der Waals surface area contributed by atoms with E-state index >= 15 is 0 Å². The number of allylic oxidation sites excluding steroid dienone is 2. The van der Waals surface area contributed by atoms with Crippen LogP contribution >= 0.6 is 0 Å². The van der Waals surface area contributed by atoms with Gasteiger partial charge in [0, 0.05) is 5.92 Å². The second kappa shape index (κ2) is 22.9. The minimum atomic E-state index is 0.594. The molecule has 0 aliphatic rings. The molecule has 0 aliphatic heterocycles.